The summed E-state index contributed by atoms with van der Waals surface area (Å²) < 4.78 is 8.45. The van der Waals surface area contributed by atoms with E-state index in [0.717, 1.165) is 66.7 Å². The molecule has 5 aromatic carbocycles. The van der Waals surface area contributed by atoms with Gasteiger partial charge in [0.05, 0.1) is 11.2 Å². The van der Waals surface area contributed by atoms with Crippen molar-refractivity contribution < 1.29 is 4.42 Å². The normalized spacial score (nSPS) is 18.1. The van der Waals surface area contributed by atoms with Crippen molar-refractivity contribution in [3.8, 4) is 34.1 Å². The average molecular weight is 632 g/mol. The maximum atomic E-state index is 6.58. The smallest absolute Gasteiger partial charge is 0.253 e. The monoisotopic (exact) mass is 631 g/mol. The fraction of sp³-hybridized carbons (Fsp3) is 0.0698. The maximum absolute atomic E-state index is 6.58. The van der Waals surface area contributed by atoms with Crippen LogP contribution in [0.15, 0.2) is 150 Å². The third-order valence-electron chi connectivity index (χ3n) is 9.98. The Kier molecular flexibility index (Phi) is 5.96. The third kappa shape index (κ3) is 4.27. The molecule has 0 amide bonds. The number of benzene rings is 5. The Morgan fingerprint density at radius 1 is 0.673 bits per heavy atom. The Hall–Kier alpha value is -6.40. The second-order valence-corrected chi connectivity index (χ2v) is 12.9. The van der Waals surface area contributed by atoms with E-state index in [9.17, 15) is 0 Å². The Morgan fingerprint density at radius 3 is 2.22 bits per heavy atom. The quantitative estimate of drug-likeness (QED) is 0.193. The molecule has 2 aliphatic carbocycles. The Balaban J connectivity index is 1.12. The van der Waals surface area contributed by atoms with Gasteiger partial charge in [-0.25, -0.2) is 9.97 Å². The maximum Gasteiger partial charge on any atom is 0.253 e. The summed E-state index contributed by atoms with van der Waals surface area (Å²) in [5, 5.41) is 6.09. The van der Waals surface area contributed by atoms with Crippen LogP contribution < -0.4 is 0 Å². The molecule has 6 nitrogen and oxygen atoms in total. The highest BCUT2D eigenvalue weighted by atomic mass is 16.3. The first-order chi connectivity index (χ1) is 24.1. The minimum atomic E-state index is -0.372. The highest BCUT2D eigenvalue weighted by Crippen LogP contribution is 2.49. The Morgan fingerprint density at radius 2 is 1.39 bits per heavy atom. The first kappa shape index (κ1) is 27.7. The van der Waals surface area contributed by atoms with Crippen molar-refractivity contribution in [1.82, 2.24) is 24.6 Å². The van der Waals surface area contributed by atoms with Crippen molar-refractivity contribution in [3.63, 3.8) is 0 Å². The standard InChI is InChI=1S/C43H29N5O/c1-43-26-30(21-24-31(43)23-20-27-22-25-35-39(37(27)43)49-41(44-35)29-14-6-3-7-15-29)32-16-8-9-17-33(32)40-46-42-45-38(28-12-4-2-5-13-28)34-18-10-11-19-36(34)48(42)47-40/h2-26,31H,1H3. The van der Waals surface area contributed by atoms with Crippen molar-refractivity contribution in [2.24, 2.45) is 5.92 Å². The summed E-state index contributed by atoms with van der Waals surface area (Å²) >= 11 is 0. The van der Waals surface area contributed by atoms with Crippen molar-refractivity contribution >= 4 is 39.4 Å². The minimum absolute atomic E-state index is 0.159. The molecule has 3 heterocycles. The summed E-state index contributed by atoms with van der Waals surface area (Å²) in [5.41, 5.74) is 10.6. The van der Waals surface area contributed by atoms with E-state index in [1.165, 1.54) is 0 Å². The molecule has 49 heavy (non-hydrogen) atoms. The van der Waals surface area contributed by atoms with Gasteiger partial charge in [-0.15, -0.1) is 5.10 Å². The zero-order valence-corrected chi connectivity index (χ0v) is 26.7. The van der Waals surface area contributed by atoms with Crippen LogP contribution in [0.2, 0.25) is 0 Å². The van der Waals surface area contributed by atoms with E-state index >= 15 is 0 Å². The number of oxazole rings is 1. The van der Waals surface area contributed by atoms with E-state index in [1.54, 1.807) is 0 Å². The number of hydrogen-bond acceptors (Lipinski definition) is 5. The van der Waals surface area contributed by atoms with Crippen molar-refractivity contribution in [3.05, 3.63) is 162 Å². The topological polar surface area (TPSA) is 69.1 Å². The van der Waals surface area contributed by atoms with Crippen molar-refractivity contribution in [2.75, 3.05) is 0 Å². The first-order valence-corrected chi connectivity index (χ1v) is 16.5. The predicted octanol–water partition coefficient (Wildman–Crippen LogP) is 9.97. The second kappa shape index (κ2) is 10.6. The highest BCUT2D eigenvalue weighted by Gasteiger charge is 2.40. The fourth-order valence-electron chi connectivity index (χ4n) is 7.57. The lowest BCUT2D eigenvalue weighted by atomic mass is 9.64. The molecule has 3 aromatic heterocycles. The number of allylic oxidation sites excluding steroid dienone is 5. The minimum Gasteiger partial charge on any atom is -0.436 e. The van der Waals surface area contributed by atoms with Gasteiger partial charge in [-0.1, -0.05) is 134 Å². The summed E-state index contributed by atoms with van der Waals surface area (Å²) in [6, 6.07) is 41.2. The van der Waals surface area contributed by atoms with Gasteiger partial charge in [-0.3, -0.25) is 0 Å². The lowest BCUT2D eigenvalue weighted by Crippen LogP contribution is -2.32. The van der Waals surface area contributed by atoms with Crippen LogP contribution in [-0.2, 0) is 5.41 Å². The van der Waals surface area contributed by atoms with Gasteiger partial charge in [0, 0.05) is 39.0 Å². The summed E-state index contributed by atoms with van der Waals surface area (Å²) in [5.74, 6) is 1.99. The zero-order valence-electron chi connectivity index (χ0n) is 26.7. The van der Waals surface area contributed by atoms with Gasteiger partial charge < -0.3 is 4.42 Å². The molecule has 8 aromatic rings. The Bertz CT molecular complexity index is 2680. The molecule has 2 atom stereocenters. The van der Waals surface area contributed by atoms with Gasteiger partial charge in [0.1, 0.15) is 5.52 Å². The third-order valence-corrected chi connectivity index (χ3v) is 9.98. The summed E-state index contributed by atoms with van der Waals surface area (Å²) in [6.45, 7) is 2.31. The lowest BCUT2D eigenvalue weighted by Gasteiger charge is -2.39. The van der Waals surface area contributed by atoms with Gasteiger partial charge in [0.2, 0.25) is 5.89 Å². The molecule has 0 fully saturated rings. The van der Waals surface area contributed by atoms with Crippen LogP contribution in [0, 0.1) is 5.92 Å². The van der Waals surface area contributed by atoms with Gasteiger partial charge in [0.25, 0.3) is 5.78 Å². The summed E-state index contributed by atoms with van der Waals surface area (Å²) in [6.07, 6.45) is 11.4. The molecule has 0 spiro atoms. The SMILES string of the molecule is CC12C=C(c3ccccc3-c3nc4nc(-c5ccccc5)c5ccccc5n4n3)C=CC1C=Cc1ccc3nc(-c4ccccc4)oc3c12. The van der Waals surface area contributed by atoms with Crippen molar-refractivity contribution in [1.29, 1.82) is 0 Å². The van der Waals surface area contributed by atoms with Crippen LogP contribution in [0.4, 0.5) is 0 Å². The molecule has 0 N–H and O–H groups in total. The molecule has 2 aliphatic rings. The average Bonchev–Trinajstić information content (AvgIpc) is 3.80. The number of para-hydroxylation sites is 1. The van der Waals surface area contributed by atoms with Gasteiger partial charge in [-0.05, 0) is 41.0 Å². The van der Waals surface area contributed by atoms with E-state index in [2.05, 4.69) is 91.9 Å². The van der Waals surface area contributed by atoms with Crippen LogP contribution in [0.25, 0.3) is 73.5 Å². The molecule has 0 bridgehead atoms. The molecule has 2 unspecified atom stereocenters. The second-order valence-electron chi connectivity index (χ2n) is 12.9. The molecular weight excluding hydrogens is 603 g/mol. The van der Waals surface area contributed by atoms with Crippen LogP contribution in [0.3, 0.4) is 0 Å². The lowest BCUT2D eigenvalue weighted by molar-refractivity contribution is 0.488. The van der Waals surface area contributed by atoms with Gasteiger partial charge >= 0.3 is 0 Å². The predicted molar refractivity (Wildman–Crippen MR) is 196 cm³/mol. The molecule has 232 valence electrons. The molecule has 0 aliphatic heterocycles. The number of hydrogen-bond donors (Lipinski definition) is 0. The van der Waals surface area contributed by atoms with Crippen LogP contribution in [0.1, 0.15) is 23.6 Å². The molecule has 0 radical (unpaired) electrons. The molecule has 0 saturated heterocycles. The molecule has 0 saturated carbocycles. The van der Waals surface area contributed by atoms with Crippen LogP contribution in [-0.4, -0.2) is 24.6 Å². The van der Waals surface area contributed by atoms with E-state index in [1.807, 2.05) is 71.2 Å². The van der Waals surface area contributed by atoms with E-state index in [4.69, 9.17) is 24.5 Å². The molecule has 10 rings (SSSR count). The first-order valence-electron chi connectivity index (χ1n) is 16.5. The largest absolute Gasteiger partial charge is 0.436 e. The number of fused-ring (bicyclic) bond motifs is 8. The number of rotatable bonds is 4. The summed E-state index contributed by atoms with van der Waals surface area (Å²) in [7, 11) is 0. The number of nitrogens with zero attached hydrogens (tertiary/aromatic N) is 5. The van der Waals surface area contributed by atoms with E-state index in [0.29, 0.717) is 17.5 Å². The summed E-state index contributed by atoms with van der Waals surface area (Å²) in [4.78, 5) is 15.0. The van der Waals surface area contributed by atoms with Crippen molar-refractivity contribution in [2.45, 2.75) is 12.3 Å². The molecule has 6 heteroatoms. The zero-order chi connectivity index (χ0) is 32.5. The van der Waals surface area contributed by atoms with Gasteiger partial charge in [-0.2, -0.15) is 9.50 Å². The van der Waals surface area contributed by atoms with Crippen LogP contribution >= 0.6 is 0 Å². The number of aromatic nitrogens is 5. The molecular formula is C43H29N5O. The highest BCUT2D eigenvalue weighted by molar-refractivity contribution is 5.95. The Labute approximate surface area is 282 Å². The van der Waals surface area contributed by atoms with E-state index in [-0.39, 0.29) is 11.3 Å². The van der Waals surface area contributed by atoms with E-state index < -0.39 is 0 Å². The van der Waals surface area contributed by atoms with Gasteiger partial charge in [0.15, 0.2) is 11.4 Å². The van der Waals surface area contributed by atoms with Crippen LogP contribution in [0.5, 0.6) is 0 Å². The fourth-order valence-corrected chi connectivity index (χ4v) is 7.57.